The van der Waals surface area contributed by atoms with Gasteiger partial charge in [0.1, 0.15) is 5.01 Å². The Morgan fingerprint density at radius 2 is 2.22 bits per heavy atom. The second-order valence-electron chi connectivity index (χ2n) is 3.20. The van der Waals surface area contributed by atoms with Crippen molar-refractivity contribution in [2.45, 2.75) is 6.54 Å². The Morgan fingerprint density at radius 1 is 1.50 bits per heavy atom. The molecule has 0 bridgehead atoms. The van der Waals surface area contributed by atoms with E-state index in [1.807, 2.05) is 0 Å². The van der Waals surface area contributed by atoms with Crippen molar-refractivity contribution in [2.75, 3.05) is 0 Å². The number of nitrogens with zero attached hydrogens (tertiary/aromatic N) is 4. The molecular formula is C8H4BrClN4O3S. The minimum atomic E-state index is -0.726. The van der Waals surface area contributed by atoms with E-state index in [1.165, 1.54) is 22.1 Å². The van der Waals surface area contributed by atoms with Gasteiger partial charge >= 0.3 is 5.69 Å². The van der Waals surface area contributed by atoms with Crippen molar-refractivity contribution in [2.24, 2.45) is 0 Å². The van der Waals surface area contributed by atoms with Gasteiger partial charge in [0.05, 0.1) is 22.1 Å². The molecule has 0 aliphatic carbocycles. The molecule has 0 fully saturated rings. The quantitative estimate of drug-likeness (QED) is 0.623. The maximum atomic E-state index is 11.5. The molecule has 10 heteroatoms. The average Bonchev–Trinajstić information content (AvgIpc) is 2.68. The molecule has 2 aromatic heterocycles. The standard InChI is InChI=1S/C8H4BrClN4O3S/c9-4-1-13(2-5(7(4)15)14(16)17)3-6-11-12-8(10)18-6/h1-2H,3H2. The fourth-order valence-corrected chi connectivity index (χ4v) is 2.60. The maximum Gasteiger partial charge on any atom is 0.333 e. The molecule has 2 rings (SSSR count). The summed E-state index contributed by atoms with van der Waals surface area (Å²) >= 11 is 9.79. The number of rotatable bonds is 3. The molecule has 2 heterocycles. The normalized spacial score (nSPS) is 10.6. The highest BCUT2D eigenvalue weighted by Crippen LogP contribution is 2.17. The van der Waals surface area contributed by atoms with Crippen LogP contribution in [0.2, 0.25) is 4.47 Å². The molecule has 0 aliphatic rings. The first kappa shape index (κ1) is 13.1. The topological polar surface area (TPSA) is 90.9 Å². The van der Waals surface area contributed by atoms with E-state index in [0.29, 0.717) is 9.47 Å². The highest BCUT2D eigenvalue weighted by atomic mass is 79.9. The average molecular weight is 352 g/mol. The van der Waals surface area contributed by atoms with Gasteiger partial charge in [0, 0.05) is 6.20 Å². The zero-order chi connectivity index (χ0) is 13.3. The zero-order valence-corrected chi connectivity index (χ0v) is 11.7. The lowest BCUT2D eigenvalue weighted by atomic mass is 10.4. The van der Waals surface area contributed by atoms with Crippen LogP contribution >= 0.6 is 38.9 Å². The molecule has 0 spiro atoms. The van der Waals surface area contributed by atoms with Crippen LogP contribution in [0.4, 0.5) is 5.69 Å². The van der Waals surface area contributed by atoms with Crippen LogP contribution in [0.3, 0.4) is 0 Å². The smallest absolute Gasteiger partial charge is 0.333 e. The molecule has 18 heavy (non-hydrogen) atoms. The van der Waals surface area contributed by atoms with Gasteiger partial charge in [0.15, 0.2) is 0 Å². The van der Waals surface area contributed by atoms with Gasteiger partial charge in [0.2, 0.25) is 4.47 Å². The third-order valence-electron chi connectivity index (χ3n) is 1.97. The molecule has 0 aliphatic heterocycles. The highest BCUT2D eigenvalue weighted by Gasteiger charge is 2.16. The molecule has 0 saturated heterocycles. The third kappa shape index (κ3) is 2.74. The Balaban J connectivity index is 2.40. The fraction of sp³-hybridized carbons (Fsp3) is 0.125. The molecule has 0 saturated carbocycles. The lowest BCUT2D eigenvalue weighted by Gasteiger charge is -2.03. The van der Waals surface area contributed by atoms with E-state index < -0.39 is 16.0 Å². The summed E-state index contributed by atoms with van der Waals surface area (Å²) < 4.78 is 1.88. The van der Waals surface area contributed by atoms with Crippen LogP contribution in [0.25, 0.3) is 0 Å². The first-order chi connectivity index (χ1) is 8.47. The first-order valence-corrected chi connectivity index (χ1v) is 6.48. The number of halogens is 2. The van der Waals surface area contributed by atoms with Gasteiger partial charge in [-0.15, -0.1) is 10.2 Å². The summed E-state index contributed by atoms with van der Waals surface area (Å²) in [6.45, 7) is 0.254. The van der Waals surface area contributed by atoms with E-state index in [0.717, 1.165) is 6.20 Å². The van der Waals surface area contributed by atoms with Crippen molar-refractivity contribution in [1.82, 2.24) is 14.8 Å². The Morgan fingerprint density at radius 3 is 2.78 bits per heavy atom. The Hall–Kier alpha value is -1.32. The molecule has 0 radical (unpaired) electrons. The number of nitro groups is 1. The predicted octanol–water partition coefficient (Wildman–Crippen LogP) is 2.07. The van der Waals surface area contributed by atoms with Crippen molar-refractivity contribution in [1.29, 1.82) is 0 Å². The van der Waals surface area contributed by atoms with E-state index in [9.17, 15) is 14.9 Å². The van der Waals surface area contributed by atoms with E-state index in [2.05, 4.69) is 26.1 Å². The summed E-state index contributed by atoms with van der Waals surface area (Å²) in [7, 11) is 0. The lowest BCUT2D eigenvalue weighted by molar-refractivity contribution is -0.386. The van der Waals surface area contributed by atoms with Crippen LogP contribution in [0.1, 0.15) is 5.01 Å². The monoisotopic (exact) mass is 350 g/mol. The van der Waals surface area contributed by atoms with Crippen molar-refractivity contribution in [3.63, 3.8) is 0 Å². The summed E-state index contributed by atoms with van der Waals surface area (Å²) in [6.07, 6.45) is 2.60. The minimum absolute atomic E-state index is 0.118. The molecule has 94 valence electrons. The minimum Gasteiger partial charge on any atom is -0.340 e. The van der Waals surface area contributed by atoms with Gasteiger partial charge in [0.25, 0.3) is 5.43 Å². The molecule has 0 aromatic carbocycles. The van der Waals surface area contributed by atoms with Gasteiger partial charge in [-0.3, -0.25) is 14.9 Å². The molecule has 0 unspecified atom stereocenters. The highest BCUT2D eigenvalue weighted by molar-refractivity contribution is 9.10. The largest absolute Gasteiger partial charge is 0.340 e. The Bertz CT molecular complexity index is 671. The van der Waals surface area contributed by atoms with E-state index >= 15 is 0 Å². The Labute approximate surface area is 117 Å². The molecule has 0 amide bonds. The molecular weight excluding hydrogens is 348 g/mol. The second kappa shape index (κ2) is 5.12. The van der Waals surface area contributed by atoms with Crippen LogP contribution in [-0.2, 0) is 6.54 Å². The number of aromatic nitrogens is 3. The van der Waals surface area contributed by atoms with Gasteiger partial charge < -0.3 is 4.57 Å². The molecule has 0 N–H and O–H groups in total. The maximum absolute atomic E-state index is 11.5. The van der Waals surface area contributed by atoms with Crippen molar-refractivity contribution in [3.05, 3.63) is 46.7 Å². The Kier molecular flexibility index (Phi) is 3.73. The predicted molar refractivity (Wildman–Crippen MR) is 69.1 cm³/mol. The summed E-state index contributed by atoms with van der Waals surface area (Å²) in [4.78, 5) is 21.5. The summed E-state index contributed by atoms with van der Waals surface area (Å²) in [5.74, 6) is 0. The fourth-order valence-electron chi connectivity index (χ4n) is 1.25. The molecule has 7 nitrogen and oxygen atoms in total. The number of pyridine rings is 1. The second-order valence-corrected chi connectivity index (χ2v) is 5.70. The van der Waals surface area contributed by atoms with Crippen LogP contribution in [0.5, 0.6) is 0 Å². The SMILES string of the molecule is O=c1c(Br)cn(Cc2nnc(Cl)s2)cc1[N+](=O)[O-]. The van der Waals surface area contributed by atoms with Gasteiger partial charge in [-0.2, -0.15) is 0 Å². The number of hydrogen-bond donors (Lipinski definition) is 0. The van der Waals surface area contributed by atoms with Crippen LogP contribution in [-0.4, -0.2) is 19.7 Å². The number of hydrogen-bond acceptors (Lipinski definition) is 6. The summed E-state index contributed by atoms with van der Waals surface area (Å²) in [5, 5.41) is 18.7. The first-order valence-electron chi connectivity index (χ1n) is 4.49. The molecule has 0 atom stereocenters. The van der Waals surface area contributed by atoms with Gasteiger partial charge in [-0.25, -0.2) is 0 Å². The van der Waals surface area contributed by atoms with E-state index in [4.69, 9.17) is 11.6 Å². The van der Waals surface area contributed by atoms with Crippen LogP contribution < -0.4 is 5.43 Å². The van der Waals surface area contributed by atoms with Crippen molar-refractivity contribution >= 4 is 44.6 Å². The van der Waals surface area contributed by atoms with Gasteiger partial charge in [-0.05, 0) is 27.5 Å². The van der Waals surface area contributed by atoms with Crippen LogP contribution in [0, 0.1) is 10.1 Å². The lowest BCUT2D eigenvalue weighted by Crippen LogP contribution is -2.13. The molecule has 2 aromatic rings. The summed E-state index contributed by atoms with van der Waals surface area (Å²) in [5.41, 5.74) is -1.16. The van der Waals surface area contributed by atoms with E-state index in [-0.39, 0.29) is 11.0 Å². The third-order valence-corrected chi connectivity index (χ3v) is 3.54. The van der Waals surface area contributed by atoms with Crippen molar-refractivity contribution < 1.29 is 4.92 Å². The summed E-state index contributed by atoms with van der Waals surface area (Å²) in [6, 6.07) is 0. The van der Waals surface area contributed by atoms with Gasteiger partial charge in [-0.1, -0.05) is 11.3 Å². The van der Waals surface area contributed by atoms with Crippen molar-refractivity contribution in [3.8, 4) is 0 Å². The van der Waals surface area contributed by atoms with Crippen LogP contribution in [0.15, 0.2) is 21.7 Å². The van der Waals surface area contributed by atoms with E-state index in [1.54, 1.807) is 0 Å². The zero-order valence-electron chi connectivity index (χ0n) is 8.54.